The smallest absolute Gasteiger partial charge is 0.259 e. The number of rotatable bonds is 4. The first-order chi connectivity index (χ1) is 12.9. The van der Waals surface area contributed by atoms with Gasteiger partial charge in [0, 0.05) is 29.9 Å². The van der Waals surface area contributed by atoms with Crippen molar-refractivity contribution in [2.75, 3.05) is 10.6 Å². The minimum absolute atomic E-state index is 0.166. The third-order valence-corrected chi connectivity index (χ3v) is 4.68. The van der Waals surface area contributed by atoms with E-state index in [0.29, 0.717) is 39.6 Å². The van der Waals surface area contributed by atoms with E-state index in [1.807, 2.05) is 19.1 Å². The van der Waals surface area contributed by atoms with Crippen LogP contribution in [0.5, 0.6) is 0 Å². The maximum absolute atomic E-state index is 13.1. The third kappa shape index (κ3) is 3.40. The van der Waals surface area contributed by atoms with Crippen molar-refractivity contribution in [3.05, 3.63) is 46.8 Å². The molecule has 4 rings (SSSR count). The van der Waals surface area contributed by atoms with E-state index >= 15 is 0 Å². The Kier molecular flexibility index (Phi) is 4.14. The Labute approximate surface area is 156 Å². The molecule has 0 aliphatic heterocycles. The molecule has 0 bridgehead atoms. The van der Waals surface area contributed by atoms with Crippen LogP contribution < -0.4 is 10.6 Å². The van der Waals surface area contributed by atoms with Crippen molar-refractivity contribution in [3.63, 3.8) is 0 Å². The summed E-state index contributed by atoms with van der Waals surface area (Å²) in [7, 11) is 0. The Morgan fingerprint density at radius 1 is 1.15 bits per heavy atom. The van der Waals surface area contributed by atoms with Gasteiger partial charge >= 0.3 is 0 Å². The molecule has 2 amide bonds. The normalized spacial score (nSPS) is 13.6. The van der Waals surface area contributed by atoms with Gasteiger partial charge in [-0.3, -0.25) is 9.59 Å². The summed E-state index contributed by atoms with van der Waals surface area (Å²) in [6, 6.07) is 7.23. The molecule has 27 heavy (non-hydrogen) atoms. The van der Waals surface area contributed by atoms with Crippen LogP contribution in [0.4, 0.5) is 11.4 Å². The molecule has 2 aromatic heterocycles. The van der Waals surface area contributed by atoms with E-state index in [9.17, 15) is 9.59 Å². The minimum atomic E-state index is -0.251. The van der Waals surface area contributed by atoms with Crippen LogP contribution in [0.2, 0.25) is 0 Å². The molecule has 3 aromatic rings. The summed E-state index contributed by atoms with van der Waals surface area (Å²) in [6.07, 6.45) is 2.15. The van der Waals surface area contributed by atoms with Crippen molar-refractivity contribution in [3.8, 4) is 0 Å². The molecule has 2 heterocycles. The monoisotopic (exact) mass is 364 g/mol. The highest BCUT2D eigenvalue weighted by Gasteiger charge is 2.28. The molecule has 0 unspecified atom stereocenters. The molecule has 1 saturated carbocycles. The molecule has 0 radical (unpaired) electrons. The number of carbonyl (C=O) groups is 2. The van der Waals surface area contributed by atoms with Crippen LogP contribution in [0.3, 0.4) is 0 Å². The van der Waals surface area contributed by atoms with Crippen LogP contribution in [0.1, 0.15) is 53.0 Å². The Morgan fingerprint density at radius 2 is 1.93 bits per heavy atom. The number of hydrogen-bond donors (Lipinski definition) is 2. The van der Waals surface area contributed by atoms with Gasteiger partial charge in [-0.15, -0.1) is 0 Å². The zero-order valence-corrected chi connectivity index (χ0v) is 15.4. The first kappa shape index (κ1) is 17.2. The molecule has 1 aliphatic carbocycles. The molecule has 0 saturated heterocycles. The summed E-state index contributed by atoms with van der Waals surface area (Å²) in [5.41, 5.74) is 4.56. The highest BCUT2D eigenvalue weighted by Crippen LogP contribution is 2.40. The zero-order valence-electron chi connectivity index (χ0n) is 15.4. The van der Waals surface area contributed by atoms with E-state index in [-0.39, 0.29) is 11.8 Å². The summed E-state index contributed by atoms with van der Waals surface area (Å²) in [5, 5.41) is 10.3. The standard InChI is InChI=1S/C20H20N4O3/c1-10-4-7-14(21-12(3)25)8-16(10)22-19(26)15-9-17(13-5-6-13)23-20-18(15)11(2)24-27-20/h4,7-9,13H,5-6H2,1-3H3,(H,21,25)(H,22,26). The number of aromatic nitrogens is 2. The number of carbonyl (C=O) groups excluding carboxylic acids is 2. The largest absolute Gasteiger partial charge is 0.336 e. The van der Waals surface area contributed by atoms with Crippen LogP contribution in [0.25, 0.3) is 11.1 Å². The number of benzene rings is 1. The van der Waals surface area contributed by atoms with Gasteiger partial charge in [0.25, 0.3) is 11.6 Å². The third-order valence-electron chi connectivity index (χ3n) is 4.68. The topological polar surface area (TPSA) is 97.1 Å². The molecule has 138 valence electrons. The first-order valence-electron chi connectivity index (χ1n) is 8.89. The molecule has 1 fully saturated rings. The number of fused-ring (bicyclic) bond motifs is 1. The summed E-state index contributed by atoms with van der Waals surface area (Å²) in [4.78, 5) is 28.9. The lowest BCUT2D eigenvalue weighted by atomic mass is 10.1. The van der Waals surface area contributed by atoms with Crippen LogP contribution >= 0.6 is 0 Å². The van der Waals surface area contributed by atoms with E-state index in [0.717, 1.165) is 24.1 Å². The average molecular weight is 364 g/mol. The quantitative estimate of drug-likeness (QED) is 0.731. The SMILES string of the molecule is CC(=O)Nc1ccc(C)c(NC(=O)c2cc(C3CC3)nc3onc(C)c23)c1. The summed E-state index contributed by atoms with van der Waals surface area (Å²) < 4.78 is 5.31. The van der Waals surface area contributed by atoms with E-state index < -0.39 is 0 Å². The van der Waals surface area contributed by atoms with Gasteiger partial charge < -0.3 is 15.2 Å². The molecule has 2 N–H and O–H groups in total. The van der Waals surface area contributed by atoms with Crippen molar-refractivity contribution >= 4 is 34.3 Å². The van der Waals surface area contributed by atoms with Crippen LogP contribution in [0.15, 0.2) is 28.8 Å². The fourth-order valence-electron chi connectivity index (χ4n) is 3.11. The number of nitrogens with one attached hydrogen (secondary N) is 2. The van der Waals surface area contributed by atoms with Gasteiger partial charge in [0.05, 0.1) is 16.6 Å². The fourth-order valence-corrected chi connectivity index (χ4v) is 3.11. The Bertz CT molecular complexity index is 1070. The maximum atomic E-state index is 13.1. The molecule has 7 nitrogen and oxygen atoms in total. The molecule has 0 spiro atoms. The van der Waals surface area contributed by atoms with Crippen molar-refractivity contribution < 1.29 is 14.1 Å². The zero-order chi connectivity index (χ0) is 19.1. The van der Waals surface area contributed by atoms with Crippen LogP contribution in [-0.4, -0.2) is 22.0 Å². The van der Waals surface area contributed by atoms with Gasteiger partial charge in [0.2, 0.25) is 5.91 Å². The fraction of sp³-hybridized carbons (Fsp3) is 0.300. The van der Waals surface area contributed by atoms with Crippen molar-refractivity contribution in [1.29, 1.82) is 0 Å². The van der Waals surface area contributed by atoms with Crippen LogP contribution in [0, 0.1) is 13.8 Å². The minimum Gasteiger partial charge on any atom is -0.336 e. The number of anilines is 2. The van der Waals surface area contributed by atoms with E-state index in [1.54, 1.807) is 19.1 Å². The van der Waals surface area contributed by atoms with Gasteiger partial charge in [-0.1, -0.05) is 11.2 Å². The number of pyridine rings is 1. The molecule has 1 aliphatic rings. The maximum Gasteiger partial charge on any atom is 0.259 e. The second kappa shape index (κ2) is 6.50. The van der Waals surface area contributed by atoms with Gasteiger partial charge in [0.15, 0.2) is 0 Å². The van der Waals surface area contributed by atoms with E-state index in [2.05, 4.69) is 20.8 Å². The lowest BCUT2D eigenvalue weighted by molar-refractivity contribution is -0.114. The molecule has 7 heteroatoms. The Hall–Kier alpha value is -3.22. The van der Waals surface area contributed by atoms with Crippen molar-refractivity contribution in [2.45, 2.75) is 39.5 Å². The number of hydrogen-bond acceptors (Lipinski definition) is 5. The molecular formula is C20H20N4O3. The van der Waals surface area contributed by atoms with Gasteiger partial charge in [-0.05, 0) is 50.5 Å². The summed E-state index contributed by atoms with van der Waals surface area (Å²) in [5.74, 6) is -0.0315. The van der Waals surface area contributed by atoms with E-state index in [1.165, 1.54) is 6.92 Å². The van der Waals surface area contributed by atoms with Gasteiger partial charge in [0.1, 0.15) is 0 Å². The predicted octanol–water partition coefficient (Wildman–Crippen LogP) is 3.93. The predicted molar refractivity (Wildman–Crippen MR) is 102 cm³/mol. The van der Waals surface area contributed by atoms with Crippen LogP contribution in [-0.2, 0) is 4.79 Å². The molecule has 1 aromatic carbocycles. The van der Waals surface area contributed by atoms with Gasteiger partial charge in [-0.2, -0.15) is 0 Å². The Balaban J connectivity index is 1.71. The summed E-state index contributed by atoms with van der Waals surface area (Å²) in [6.45, 7) is 5.14. The Morgan fingerprint density at radius 3 is 2.63 bits per heavy atom. The number of aryl methyl sites for hydroxylation is 2. The highest BCUT2D eigenvalue weighted by molar-refractivity contribution is 6.12. The number of amides is 2. The van der Waals surface area contributed by atoms with Crippen molar-refractivity contribution in [1.82, 2.24) is 10.1 Å². The molecule has 0 atom stereocenters. The highest BCUT2D eigenvalue weighted by atomic mass is 16.5. The van der Waals surface area contributed by atoms with Gasteiger partial charge in [-0.25, -0.2) is 4.98 Å². The number of nitrogens with zero attached hydrogens (tertiary/aromatic N) is 2. The lowest BCUT2D eigenvalue weighted by Gasteiger charge is -2.12. The molecular weight excluding hydrogens is 344 g/mol. The van der Waals surface area contributed by atoms with Crippen molar-refractivity contribution in [2.24, 2.45) is 0 Å². The lowest BCUT2D eigenvalue weighted by Crippen LogP contribution is -2.15. The second-order valence-corrected chi connectivity index (χ2v) is 6.98. The first-order valence-corrected chi connectivity index (χ1v) is 8.89. The summed E-state index contributed by atoms with van der Waals surface area (Å²) >= 11 is 0. The average Bonchev–Trinajstić information content (AvgIpc) is 3.40. The second-order valence-electron chi connectivity index (χ2n) is 6.98. The van der Waals surface area contributed by atoms with E-state index in [4.69, 9.17) is 4.52 Å².